The molecular weight excluding hydrogens is 266 g/mol. The second kappa shape index (κ2) is 6.99. The van der Waals surface area contributed by atoms with Crippen LogP contribution in [-0.4, -0.2) is 19.3 Å². The van der Waals surface area contributed by atoms with Gasteiger partial charge in [-0.3, -0.25) is 0 Å². The van der Waals surface area contributed by atoms with E-state index in [0.29, 0.717) is 18.8 Å². The van der Waals surface area contributed by atoms with Crippen molar-refractivity contribution >= 4 is 0 Å². The Bertz CT molecular complexity index is 611. The highest BCUT2D eigenvalue weighted by Crippen LogP contribution is 2.25. The summed E-state index contributed by atoms with van der Waals surface area (Å²) in [4.78, 5) is 0. The minimum Gasteiger partial charge on any atom is -0.508 e. The third-order valence-electron chi connectivity index (χ3n) is 3.54. The third kappa shape index (κ3) is 3.67. The van der Waals surface area contributed by atoms with E-state index in [4.69, 9.17) is 9.47 Å². The minimum absolute atomic E-state index is 0.330. The topological polar surface area (TPSA) is 50.7 Å². The van der Waals surface area contributed by atoms with Crippen LogP contribution in [0.4, 0.5) is 0 Å². The van der Waals surface area contributed by atoms with Crippen LogP contribution >= 0.6 is 0 Å². The monoisotopic (exact) mass is 287 g/mol. The first-order chi connectivity index (χ1) is 10.2. The van der Waals surface area contributed by atoms with Crippen LogP contribution in [-0.2, 0) is 13.1 Å². The Morgan fingerprint density at radius 3 is 2.48 bits per heavy atom. The zero-order valence-corrected chi connectivity index (χ0v) is 12.6. The Morgan fingerprint density at radius 1 is 1.00 bits per heavy atom. The van der Waals surface area contributed by atoms with Crippen molar-refractivity contribution in [3.63, 3.8) is 0 Å². The molecule has 0 aliphatic rings. The van der Waals surface area contributed by atoms with Crippen molar-refractivity contribution in [2.75, 3.05) is 14.2 Å². The van der Waals surface area contributed by atoms with E-state index >= 15 is 0 Å². The van der Waals surface area contributed by atoms with Crippen LogP contribution in [0, 0.1) is 6.92 Å². The first-order valence-corrected chi connectivity index (χ1v) is 6.84. The molecule has 0 aliphatic carbocycles. The first kappa shape index (κ1) is 15.2. The van der Waals surface area contributed by atoms with Gasteiger partial charge in [0.25, 0.3) is 0 Å². The predicted molar refractivity (Wildman–Crippen MR) is 82.9 cm³/mol. The van der Waals surface area contributed by atoms with Gasteiger partial charge in [-0.25, -0.2) is 0 Å². The van der Waals surface area contributed by atoms with Crippen molar-refractivity contribution in [1.82, 2.24) is 5.32 Å². The summed E-state index contributed by atoms with van der Waals surface area (Å²) in [5, 5.41) is 13.1. The van der Waals surface area contributed by atoms with Crippen LogP contribution in [0.2, 0.25) is 0 Å². The second-order valence-electron chi connectivity index (χ2n) is 4.84. The molecule has 0 heterocycles. The highest BCUT2D eigenvalue weighted by atomic mass is 16.5. The van der Waals surface area contributed by atoms with Gasteiger partial charge in [0.1, 0.15) is 17.2 Å². The van der Waals surface area contributed by atoms with Crippen LogP contribution in [0.25, 0.3) is 0 Å². The molecule has 4 heteroatoms. The summed E-state index contributed by atoms with van der Waals surface area (Å²) in [6.07, 6.45) is 0. The van der Waals surface area contributed by atoms with E-state index in [1.807, 2.05) is 37.3 Å². The number of hydrogen-bond donors (Lipinski definition) is 2. The molecule has 2 aromatic carbocycles. The van der Waals surface area contributed by atoms with Crippen LogP contribution in [0.5, 0.6) is 17.2 Å². The lowest BCUT2D eigenvalue weighted by atomic mass is 10.1. The van der Waals surface area contributed by atoms with Gasteiger partial charge in [0.15, 0.2) is 0 Å². The predicted octanol–water partition coefficient (Wildman–Crippen LogP) is 3.01. The van der Waals surface area contributed by atoms with Gasteiger partial charge in [-0.15, -0.1) is 0 Å². The van der Waals surface area contributed by atoms with Gasteiger partial charge in [-0.2, -0.15) is 0 Å². The molecule has 0 atom stereocenters. The largest absolute Gasteiger partial charge is 0.508 e. The Kier molecular flexibility index (Phi) is 5.06. The Labute approximate surface area is 125 Å². The van der Waals surface area contributed by atoms with E-state index in [1.54, 1.807) is 20.3 Å². The summed E-state index contributed by atoms with van der Waals surface area (Å²) in [5.74, 6) is 1.91. The molecule has 0 fully saturated rings. The van der Waals surface area contributed by atoms with Crippen molar-refractivity contribution < 1.29 is 14.6 Å². The molecule has 0 saturated heterocycles. The molecule has 0 spiro atoms. The highest BCUT2D eigenvalue weighted by Gasteiger charge is 2.06. The minimum atomic E-state index is 0.330. The van der Waals surface area contributed by atoms with Crippen molar-refractivity contribution in [2.45, 2.75) is 20.0 Å². The summed E-state index contributed by atoms with van der Waals surface area (Å²) < 4.78 is 10.6. The Balaban J connectivity index is 2.02. The lowest BCUT2D eigenvalue weighted by Crippen LogP contribution is -2.14. The molecular formula is C17H21NO3. The number of aromatic hydroxyl groups is 1. The van der Waals surface area contributed by atoms with Gasteiger partial charge in [-0.1, -0.05) is 18.2 Å². The fourth-order valence-electron chi connectivity index (χ4n) is 2.19. The van der Waals surface area contributed by atoms with Crippen LogP contribution in [0.3, 0.4) is 0 Å². The summed E-state index contributed by atoms with van der Waals surface area (Å²) in [6.45, 7) is 3.29. The van der Waals surface area contributed by atoms with Gasteiger partial charge in [0, 0.05) is 24.7 Å². The molecule has 112 valence electrons. The zero-order chi connectivity index (χ0) is 15.2. The maximum atomic E-state index is 9.69. The number of hydrogen-bond acceptors (Lipinski definition) is 4. The standard InChI is InChI=1S/C17H21NO3/c1-12-13(5-4-6-16(12)19)10-18-11-14-7-8-15(20-2)9-17(14)21-3/h4-9,18-19H,10-11H2,1-3H3. The highest BCUT2D eigenvalue weighted by molar-refractivity contribution is 5.41. The number of rotatable bonds is 6. The molecule has 0 bridgehead atoms. The summed E-state index contributed by atoms with van der Waals surface area (Å²) in [7, 11) is 3.29. The SMILES string of the molecule is COc1ccc(CNCc2cccc(O)c2C)c(OC)c1. The molecule has 0 aromatic heterocycles. The number of benzene rings is 2. The van der Waals surface area contributed by atoms with Gasteiger partial charge in [0.05, 0.1) is 14.2 Å². The molecule has 0 unspecified atom stereocenters. The molecule has 0 saturated carbocycles. The number of ether oxygens (including phenoxy) is 2. The normalized spacial score (nSPS) is 10.4. The van der Waals surface area contributed by atoms with Gasteiger partial charge >= 0.3 is 0 Å². The molecule has 0 aliphatic heterocycles. The Hall–Kier alpha value is -2.20. The van der Waals surface area contributed by atoms with E-state index < -0.39 is 0 Å². The average molecular weight is 287 g/mol. The number of methoxy groups -OCH3 is 2. The zero-order valence-electron chi connectivity index (χ0n) is 12.6. The molecule has 2 rings (SSSR count). The van der Waals surface area contributed by atoms with Crippen molar-refractivity contribution in [3.05, 3.63) is 53.1 Å². The van der Waals surface area contributed by atoms with Crippen LogP contribution < -0.4 is 14.8 Å². The lowest BCUT2D eigenvalue weighted by molar-refractivity contribution is 0.389. The lowest BCUT2D eigenvalue weighted by Gasteiger charge is -2.12. The van der Waals surface area contributed by atoms with Gasteiger partial charge < -0.3 is 19.9 Å². The summed E-state index contributed by atoms with van der Waals surface area (Å²) in [5.41, 5.74) is 3.06. The van der Waals surface area contributed by atoms with Crippen molar-refractivity contribution in [3.8, 4) is 17.2 Å². The van der Waals surface area contributed by atoms with E-state index in [0.717, 1.165) is 28.2 Å². The fourth-order valence-corrected chi connectivity index (χ4v) is 2.19. The van der Waals surface area contributed by atoms with E-state index in [-0.39, 0.29) is 0 Å². The van der Waals surface area contributed by atoms with E-state index in [1.165, 1.54) is 0 Å². The fraction of sp³-hybridized carbons (Fsp3) is 0.294. The molecule has 4 nitrogen and oxygen atoms in total. The second-order valence-corrected chi connectivity index (χ2v) is 4.84. The van der Waals surface area contributed by atoms with Gasteiger partial charge in [0.2, 0.25) is 0 Å². The first-order valence-electron chi connectivity index (χ1n) is 6.84. The third-order valence-corrected chi connectivity index (χ3v) is 3.54. The number of phenolic OH excluding ortho intramolecular Hbond substituents is 1. The maximum absolute atomic E-state index is 9.69. The molecule has 21 heavy (non-hydrogen) atoms. The number of nitrogens with one attached hydrogen (secondary N) is 1. The smallest absolute Gasteiger partial charge is 0.127 e. The molecule has 0 amide bonds. The summed E-state index contributed by atoms with van der Waals surface area (Å²) >= 11 is 0. The Morgan fingerprint density at radius 2 is 1.76 bits per heavy atom. The average Bonchev–Trinajstić information content (AvgIpc) is 2.51. The van der Waals surface area contributed by atoms with Crippen molar-refractivity contribution in [2.24, 2.45) is 0 Å². The summed E-state index contributed by atoms with van der Waals surface area (Å²) in [6, 6.07) is 11.3. The van der Waals surface area contributed by atoms with E-state index in [2.05, 4.69) is 5.32 Å². The van der Waals surface area contributed by atoms with E-state index in [9.17, 15) is 5.11 Å². The quantitative estimate of drug-likeness (QED) is 0.857. The maximum Gasteiger partial charge on any atom is 0.127 e. The molecule has 2 N–H and O–H groups in total. The molecule has 2 aromatic rings. The van der Waals surface area contributed by atoms with Gasteiger partial charge in [-0.05, 0) is 30.2 Å². The van der Waals surface area contributed by atoms with Crippen LogP contribution in [0.1, 0.15) is 16.7 Å². The van der Waals surface area contributed by atoms with Crippen LogP contribution in [0.15, 0.2) is 36.4 Å². The van der Waals surface area contributed by atoms with Crippen molar-refractivity contribution in [1.29, 1.82) is 0 Å². The number of phenols is 1. The molecule has 0 radical (unpaired) electrons.